The first kappa shape index (κ1) is 15.4. The summed E-state index contributed by atoms with van der Waals surface area (Å²) in [5.74, 6) is -0.828. The molecule has 0 saturated carbocycles. The largest absolute Gasteiger partial charge is 0.345 e. The van der Waals surface area contributed by atoms with E-state index in [4.69, 9.17) is 11.6 Å². The van der Waals surface area contributed by atoms with Crippen molar-refractivity contribution in [3.05, 3.63) is 76.7 Å². The highest BCUT2D eigenvalue weighted by molar-refractivity contribution is 6.30. The Morgan fingerprint density at radius 1 is 1.22 bits per heavy atom. The number of rotatable bonds is 3. The Labute approximate surface area is 138 Å². The Morgan fingerprint density at radius 2 is 1.96 bits per heavy atom. The first-order valence-corrected chi connectivity index (χ1v) is 7.53. The van der Waals surface area contributed by atoms with Gasteiger partial charge in [-0.05, 0) is 42.8 Å². The third-order valence-corrected chi connectivity index (χ3v) is 3.88. The van der Waals surface area contributed by atoms with E-state index in [0.717, 1.165) is 5.56 Å². The SMILES string of the molecule is CC(NC(=O)c1cc(F)cc2cccnc12)c1ccc(Cl)cc1. The van der Waals surface area contributed by atoms with E-state index in [9.17, 15) is 9.18 Å². The summed E-state index contributed by atoms with van der Waals surface area (Å²) in [6.07, 6.45) is 1.58. The minimum atomic E-state index is -0.463. The summed E-state index contributed by atoms with van der Waals surface area (Å²) in [5.41, 5.74) is 1.62. The number of fused-ring (bicyclic) bond motifs is 1. The fourth-order valence-electron chi connectivity index (χ4n) is 2.44. The van der Waals surface area contributed by atoms with Crippen molar-refractivity contribution in [2.45, 2.75) is 13.0 Å². The summed E-state index contributed by atoms with van der Waals surface area (Å²) in [6, 6.07) is 13.0. The maximum absolute atomic E-state index is 13.7. The molecule has 0 bridgehead atoms. The third kappa shape index (κ3) is 3.32. The van der Waals surface area contributed by atoms with Crippen LogP contribution in [0.3, 0.4) is 0 Å². The molecule has 0 saturated heterocycles. The summed E-state index contributed by atoms with van der Waals surface area (Å²) in [6.45, 7) is 1.86. The zero-order valence-corrected chi connectivity index (χ0v) is 13.1. The van der Waals surface area contributed by atoms with Crippen LogP contribution >= 0.6 is 11.6 Å². The number of carbonyl (C=O) groups is 1. The second-order valence-corrected chi connectivity index (χ2v) is 5.71. The minimum absolute atomic E-state index is 0.224. The van der Waals surface area contributed by atoms with Gasteiger partial charge in [-0.3, -0.25) is 9.78 Å². The molecule has 23 heavy (non-hydrogen) atoms. The highest BCUT2D eigenvalue weighted by Gasteiger charge is 2.16. The Bertz CT molecular complexity index is 865. The zero-order valence-electron chi connectivity index (χ0n) is 12.4. The van der Waals surface area contributed by atoms with Crippen molar-refractivity contribution in [3.63, 3.8) is 0 Å². The van der Waals surface area contributed by atoms with Crippen LogP contribution in [-0.4, -0.2) is 10.9 Å². The average molecular weight is 329 g/mol. The van der Waals surface area contributed by atoms with Crippen molar-refractivity contribution in [1.82, 2.24) is 10.3 Å². The van der Waals surface area contributed by atoms with E-state index in [1.54, 1.807) is 30.5 Å². The number of nitrogens with zero attached hydrogens (tertiary/aromatic N) is 1. The van der Waals surface area contributed by atoms with Gasteiger partial charge in [0.25, 0.3) is 5.91 Å². The molecule has 5 heteroatoms. The molecule has 1 amide bonds. The van der Waals surface area contributed by atoms with Crippen LogP contribution in [0, 0.1) is 5.82 Å². The molecule has 0 fully saturated rings. The third-order valence-electron chi connectivity index (χ3n) is 3.63. The molecule has 3 nitrogen and oxygen atoms in total. The van der Waals surface area contributed by atoms with Crippen molar-refractivity contribution in [2.75, 3.05) is 0 Å². The molecular weight excluding hydrogens is 315 g/mol. The summed E-state index contributed by atoms with van der Waals surface area (Å²) in [4.78, 5) is 16.7. The van der Waals surface area contributed by atoms with Gasteiger partial charge in [0.15, 0.2) is 0 Å². The van der Waals surface area contributed by atoms with Gasteiger partial charge in [-0.25, -0.2) is 4.39 Å². The van der Waals surface area contributed by atoms with Crippen molar-refractivity contribution < 1.29 is 9.18 Å². The summed E-state index contributed by atoms with van der Waals surface area (Å²) in [7, 11) is 0. The van der Waals surface area contributed by atoms with E-state index < -0.39 is 5.82 Å². The lowest BCUT2D eigenvalue weighted by molar-refractivity contribution is 0.0941. The van der Waals surface area contributed by atoms with Crippen molar-refractivity contribution in [1.29, 1.82) is 0 Å². The lowest BCUT2D eigenvalue weighted by atomic mass is 10.1. The Kier molecular flexibility index (Phi) is 4.26. The molecule has 3 rings (SSSR count). The van der Waals surface area contributed by atoms with E-state index >= 15 is 0 Å². The molecule has 1 aromatic heterocycles. The number of nitrogens with one attached hydrogen (secondary N) is 1. The first-order chi connectivity index (χ1) is 11.0. The van der Waals surface area contributed by atoms with Gasteiger partial charge in [-0.15, -0.1) is 0 Å². The molecule has 1 atom stereocenters. The molecule has 3 aromatic rings. The van der Waals surface area contributed by atoms with Crippen molar-refractivity contribution >= 4 is 28.4 Å². The highest BCUT2D eigenvalue weighted by atomic mass is 35.5. The van der Waals surface area contributed by atoms with Crippen LogP contribution in [0.1, 0.15) is 28.9 Å². The van der Waals surface area contributed by atoms with Crippen LogP contribution in [0.25, 0.3) is 10.9 Å². The quantitative estimate of drug-likeness (QED) is 0.768. The molecule has 0 aliphatic rings. The molecule has 1 N–H and O–H groups in total. The number of halogens is 2. The number of hydrogen-bond acceptors (Lipinski definition) is 2. The molecule has 1 unspecified atom stereocenters. The highest BCUT2D eigenvalue weighted by Crippen LogP contribution is 2.20. The predicted octanol–water partition coefficient (Wildman–Crippen LogP) is 4.52. The van der Waals surface area contributed by atoms with Gasteiger partial charge in [0, 0.05) is 16.6 Å². The second-order valence-electron chi connectivity index (χ2n) is 5.28. The summed E-state index contributed by atoms with van der Waals surface area (Å²) in [5, 5.41) is 4.09. The fraction of sp³-hybridized carbons (Fsp3) is 0.111. The average Bonchev–Trinajstić information content (AvgIpc) is 2.54. The predicted molar refractivity (Wildman–Crippen MR) is 89.0 cm³/mol. The van der Waals surface area contributed by atoms with Crippen LogP contribution in [0.15, 0.2) is 54.7 Å². The smallest absolute Gasteiger partial charge is 0.254 e. The fourth-order valence-corrected chi connectivity index (χ4v) is 2.56. The van der Waals surface area contributed by atoms with Gasteiger partial charge in [0.1, 0.15) is 5.82 Å². The lowest BCUT2D eigenvalue weighted by Gasteiger charge is -2.15. The Hall–Kier alpha value is -2.46. The number of aromatic nitrogens is 1. The van der Waals surface area contributed by atoms with Crippen LogP contribution in [0.4, 0.5) is 4.39 Å². The second kappa shape index (κ2) is 6.34. The monoisotopic (exact) mass is 328 g/mol. The molecular formula is C18H14ClFN2O. The zero-order chi connectivity index (χ0) is 16.4. The molecule has 116 valence electrons. The molecule has 2 aromatic carbocycles. The normalized spacial score (nSPS) is 12.1. The van der Waals surface area contributed by atoms with Crippen LogP contribution in [0.5, 0.6) is 0 Å². The maximum Gasteiger partial charge on any atom is 0.254 e. The van der Waals surface area contributed by atoms with Crippen LogP contribution in [0.2, 0.25) is 5.02 Å². The minimum Gasteiger partial charge on any atom is -0.345 e. The number of benzene rings is 2. The number of carbonyl (C=O) groups excluding carboxylic acids is 1. The maximum atomic E-state index is 13.7. The molecule has 0 radical (unpaired) electrons. The van der Waals surface area contributed by atoms with E-state index in [0.29, 0.717) is 15.9 Å². The Morgan fingerprint density at radius 3 is 2.70 bits per heavy atom. The van der Waals surface area contributed by atoms with Gasteiger partial charge in [0.05, 0.1) is 17.1 Å². The lowest BCUT2D eigenvalue weighted by Crippen LogP contribution is -2.27. The van der Waals surface area contributed by atoms with Gasteiger partial charge in [-0.2, -0.15) is 0 Å². The van der Waals surface area contributed by atoms with Gasteiger partial charge >= 0.3 is 0 Å². The topological polar surface area (TPSA) is 42.0 Å². The Balaban J connectivity index is 1.90. The van der Waals surface area contributed by atoms with Gasteiger partial charge in [-0.1, -0.05) is 29.8 Å². The van der Waals surface area contributed by atoms with Gasteiger partial charge in [0.2, 0.25) is 0 Å². The molecule has 0 spiro atoms. The number of pyridine rings is 1. The van der Waals surface area contributed by atoms with E-state index in [1.165, 1.54) is 12.1 Å². The van der Waals surface area contributed by atoms with E-state index in [2.05, 4.69) is 10.3 Å². The number of amides is 1. The molecule has 0 aliphatic heterocycles. The van der Waals surface area contributed by atoms with Gasteiger partial charge < -0.3 is 5.32 Å². The van der Waals surface area contributed by atoms with E-state index in [-0.39, 0.29) is 17.5 Å². The van der Waals surface area contributed by atoms with Crippen molar-refractivity contribution in [2.24, 2.45) is 0 Å². The number of hydrogen-bond donors (Lipinski definition) is 1. The van der Waals surface area contributed by atoms with E-state index in [1.807, 2.05) is 19.1 Å². The first-order valence-electron chi connectivity index (χ1n) is 7.15. The molecule has 1 heterocycles. The standard InChI is InChI=1S/C18H14ClFN2O/c1-11(12-4-6-14(19)7-5-12)22-18(23)16-10-15(20)9-13-3-2-8-21-17(13)16/h2-11H,1H3,(H,22,23). The molecule has 0 aliphatic carbocycles. The van der Waals surface area contributed by atoms with Crippen LogP contribution in [-0.2, 0) is 0 Å². The van der Waals surface area contributed by atoms with Crippen molar-refractivity contribution in [3.8, 4) is 0 Å². The van der Waals surface area contributed by atoms with Crippen LogP contribution < -0.4 is 5.32 Å². The summed E-state index contributed by atoms with van der Waals surface area (Å²) >= 11 is 5.86. The summed E-state index contributed by atoms with van der Waals surface area (Å²) < 4.78 is 13.7.